The van der Waals surface area contributed by atoms with E-state index in [1.54, 1.807) is 12.6 Å². The Balaban J connectivity index is 1.84. The van der Waals surface area contributed by atoms with Gasteiger partial charge in [0.1, 0.15) is 5.51 Å². The van der Waals surface area contributed by atoms with Crippen LogP contribution in [0.2, 0.25) is 0 Å². The van der Waals surface area contributed by atoms with Crippen LogP contribution >= 0.6 is 23.1 Å². The number of likely N-dealkylation sites (N-methyl/N-ethyl adjacent to an activating group) is 1. The van der Waals surface area contributed by atoms with Crippen molar-refractivity contribution < 1.29 is 9.59 Å². The second-order valence-electron chi connectivity index (χ2n) is 5.11. The van der Waals surface area contributed by atoms with Gasteiger partial charge in [0.2, 0.25) is 11.8 Å². The van der Waals surface area contributed by atoms with Gasteiger partial charge >= 0.3 is 0 Å². The summed E-state index contributed by atoms with van der Waals surface area (Å²) < 4.78 is 0.742. The summed E-state index contributed by atoms with van der Waals surface area (Å²) in [6, 6.07) is 5.87. The predicted octanol–water partition coefficient (Wildman–Crippen LogP) is 2.34. The van der Waals surface area contributed by atoms with Gasteiger partial charge < -0.3 is 10.2 Å². The normalized spacial score (nSPS) is 10.4. The Hall–Kier alpha value is -1.93. The van der Waals surface area contributed by atoms with Crippen molar-refractivity contribution in [1.29, 1.82) is 0 Å². The van der Waals surface area contributed by atoms with Gasteiger partial charge in [-0.3, -0.25) is 9.59 Å². The Labute approximate surface area is 143 Å². The number of nitrogens with zero attached hydrogens (tertiary/aromatic N) is 3. The van der Waals surface area contributed by atoms with Crippen LogP contribution in [-0.4, -0.2) is 46.3 Å². The Morgan fingerprint density at radius 3 is 2.83 bits per heavy atom. The van der Waals surface area contributed by atoms with E-state index in [4.69, 9.17) is 0 Å². The first-order chi connectivity index (χ1) is 11.0. The molecule has 0 aliphatic heterocycles. The van der Waals surface area contributed by atoms with Crippen LogP contribution in [-0.2, 0) is 9.59 Å². The average Bonchev–Trinajstić information content (AvgIpc) is 3.01. The summed E-state index contributed by atoms with van der Waals surface area (Å²) in [4.78, 5) is 25.5. The van der Waals surface area contributed by atoms with E-state index in [0.717, 1.165) is 21.2 Å². The maximum atomic E-state index is 12.1. The minimum absolute atomic E-state index is 0.0168. The smallest absolute Gasteiger partial charge is 0.243 e. The van der Waals surface area contributed by atoms with Crippen LogP contribution in [0.3, 0.4) is 0 Å². The van der Waals surface area contributed by atoms with Crippen LogP contribution in [0.15, 0.2) is 28.0 Å². The van der Waals surface area contributed by atoms with Gasteiger partial charge in [0.25, 0.3) is 0 Å². The lowest BCUT2D eigenvalue weighted by atomic mass is 10.1. The van der Waals surface area contributed by atoms with E-state index in [1.807, 2.05) is 32.0 Å². The highest BCUT2D eigenvalue weighted by atomic mass is 32.2. The highest BCUT2D eigenvalue weighted by Crippen LogP contribution is 2.19. The number of anilines is 1. The summed E-state index contributed by atoms with van der Waals surface area (Å²) >= 11 is 2.71. The maximum Gasteiger partial charge on any atom is 0.243 e. The zero-order valence-corrected chi connectivity index (χ0v) is 14.8. The van der Waals surface area contributed by atoms with Crippen molar-refractivity contribution in [2.75, 3.05) is 24.7 Å². The first-order valence-corrected chi connectivity index (χ1v) is 8.82. The van der Waals surface area contributed by atoms with Crippen LogP contribution < -0.4 is 5.32 Å². The van der Waals surface area contributed by atoms with Gasteiger partial charge in [0, 0.05) is 12.7 Å². The van der Waals surface area contributed by atoms with Crippen molar-refractivity contribution in [2.45, 2.75) is 18.2 Å². The molecule has 2 rings (SSSR count). The Morgan fingerprint density at radius 1 is 1.35 bits per heavy atom. The summed E-state index contributed by atoms with van der Waals surface area (Å²) in [6.07, 6.45) is 0. The molecule has 6 nitrogen and oxygen atoms in total. The molecule has 1 aromatic heterocycles. The molecule has 23 heavy (non-hydrogen) atoms. The van der Waals surface area contributed by atoms with Crippen molar-refractivity contribution in [2.24, 2.45) is 0 Å². The fourth-order valence-corrected chi connectivity index (χ4v) is 3.25. The summed E-state index contributed by atoms with van der Waals surface area (Å²) in [6.45, 7) is 3.92. The molecular formula is C15H18N4O2S2. The molecule has 1 N–H and O–H groups in total. The molecule has 0 aliphatic rings. The number of rotatable bonds is 6. The topological polar surface area (TPSA) is 75.2 Å². The SMILES string of the molecule is Cc1ccc(C)c(NC(=O)CN(C)C(=O)CSc2nncs2)c1. The largest absolute Gasteiger partial charge is 0.336 e. The van der Waals surface area contributed by atoms with Crippen LogP contribution in [0.1, 0.15) is 11.1 Å². The summed E-state index contributed by atoms with van der Waals surface area (Å²) in [5.74, 6) is -0.0978. The van der Waals surface area contributed by atoms with Crippen LogP contribution in [0.25, 0.3) is 0 Å². The first-order valence-electron chi connectivity index (χ1n) is 6.95. The fourth-order valence-electron chi connectivity index (χ4n) is 1.82. The molecule has 0 unspecified atom stereocenters. The quantitative estimate of drug-likeness (QED) is 0.810. The molecule has 0 radical (unpaired) electrons. The molecule has 0 atom stereocenters. The average molecular weight is 350 g/mol. The van der Waals surface area contributed by atoms with Crippen LogP contribution in [0.5, 0.6) is 0 Å². The fraction of sp³-hybridized carbons (Fsp3) is 0.333. The number of carbonyl (C=O) groups excluding carboxylic acids is 2. The highest BCUT2D eigenvalue weighted by Gasteiger charge is 2.14. The minimum atomic E-state index is -0.213. The second kappa shape index (κ2) is 8.07. The lowest BCUT2D eigenvalue weighted by molar-refractivity contribution is -0.131. The van der Waals surface area contributed by atoms with Gasteiger partial charge in [-0.1, -0.05) is 35.2 Å². The lowest BCUT2D eigenvalue weighted by Crippen LogP contribution is -2.36. The number of hydrogen-bond donors (Lipinski definition) is 1. The Bertz CT molecular complexity index is 689. The first kappa shape index (κ1) is 17.4. The number of thioether (sulfide) groups is 1. The molecular weight excluding hydrogens is 332 g/mol. The molecule has 1 aromatic carbocycles. The molecule has 2 aromatic rings. The molecule has 1 heterocycles. The van der Waals surface area contributed by atoms with E-state index in [2.05, 4.69) is 15.5 Å². The van der Waals surface area contributed by atoms with Crippen molar-refractivity contribution in [3.63, 3.8) is 0 Å². The molecule has 0 saturated carbocycles. The highest BCUT2D eigenvalue weighted by molar-refractivity contribution is 8.01. The zero-order valence-electron chi connectivity index (χ0n) is 13.2. The number of amides is 2. The van der Waals surface area contributed by atoms with Crippen molar-refractivity contribution in [1.82, 2.24) is 15.1 Å². The number of hydrogen-bond acceptors (Lipinski definition) is 6. The number of benzene rings is 1. The third-order valence-electron chi connectivity index (χ3n) is 3.13. The van der Waals surface area contributed by atoms with E-state index in [1.165, 1.54) is 28.0 Å². The van der Waals surface area contributed by atoms with E-state index in [9.17, 15) is 9.59 Å². The third kappa shape index (κ3) is 5.33. The standard InChI is InChI=1S/C15H18N4O2S2/c1-10-4-5-11(2)12(6-10)17-13(20)7-19(3)14(21)8-22-15-18-16-9-23-15/h4-6,9H,7-8H2,1-3H3,(H,17,20). The summed E-state index contributed by atoms with van der Waals surface area (Å²) in [7, 11) is 1.62. The summed E-state index contributed by atoms with van der Waals surface area (Å²) in [5, 5.41) is 10.4. The van der Waals surface area contributed by atoms with Crippen molar-refractivity contribution in [3.05, 3.63) is 34.8 Å². The van der Waals surface area contributed by atoms with Gasteiger partial charge in [-0.25, -0.2) is 0 Å². The Kier molecular flexibility index (Phi) is 6.12. The number of aryl methyl sites for hydroxylation is 2. The third-order valence-corrected chi connectivity index (χ3v) is 4.98. The van der Waals surface area contributed by atoms with Crippen LogP contribution in [0.4, 0.5) is 5.69 Å². The van der Waals surface area contributed by atoms with E-state index in [-0.39, 0.29) is 24.1 Å². The molecule has 2 amide bonds. The molecule has 0 saturated heterocycles. The predicted molar refractivity (Wildman–Crippen MR) is 92.8 cm³/mol. The number of nitrogens with one attached hydrogen (secondary N) is 1. The zero-order chi connectivity index (χ0) is 16.8. The molecule has 0 spiro atoms. The molecule has 122 valence electrons. The molecule has 0 fully saturated rings. The van der Waals surface area contributed by atoms with Gasteiger partial charge in [-0.15, -0.1) is 10.2 Å². The lowest BCUT2D eigenvalue weighted by Gasteiger charge is -2.17. The molecule has 8 heteroatoms. The van der Waals surface area contributed by atoms with Gasteiger partial charge in [0.15, 0.2) is 4.34 Å². The maximum absolute atomic E-state index is 12.1. The number of carbonyl (C=O) groups is 2. The molecule has 0 aliphatic carbocycles. The molecule has 0 bridgehead atoms. The van der Waals surface area contributed by atoms with Crippen molar-refractivity contribution in [3.8, 4) is 0 Å². The number of aromatic nitrogens is 2. The second-order valence-corrected chi connectivity index (χ2v) is 7.17. The summed E-state index contributed by atoms with van der Waals surface area (Å²) in [5.41, 5.74) is 4.46. The van der Waals surface area contributed by atoms with Crippen molar-refractivity contribution >= 4 is 40.6 Å². The van der Waals surface area contributed by atoms with E-state index < -0.39 is 0 Å². The Morgan fingerprint density at radius 2 is 2.13 bits per heavy atom. The van der Waals surface area contributed by atoms with Gasteiger partial charge in [-0.2, -0.15) is 0 Å². The van der Waals surface area contributed by atoms with Gasteiger partial charge in [-0.05, 0) is 31.0 Å². The monoisotopic (exact) mass is 350 g/mol. The van der Waals surface area contributed by atoms with E-state index in [0.29, 0.717) is 0 Å². The minimum Gasteiger partial charge on any atom is -0.336 e. The van der Waals surface area contributed by atoms with E-state index >= 15 is 0 Å². The van der Waals surface area contributed by atoms with Crippen LogP contribution in [0, 0.1) is 13.8 Å². The van der Waals surface area contributed by atoms with Gasteiger partial charge in [0.05, 0.1) is 12.3 Å².